The van der Waals surface area contributed by atoms with Crippen LogP contribution in [-0.2, 0) is 6.54 Å². The molecule has 0 radical (unpaired) electrons. The van der Waals surface area contributed by atoms with Gasteiger partial charge in [0.1, 0.15) is 0 Å². The molecule has 1 fully saturated rings. The van der Waals surface area contributed by atoms with Crippen LogP contribution in [0.5, 0.6) is 0 Å². The molecular weight excluding hydrogens is 202 g/mol. The summed E-state index contributed by atoms with van der Waals surface area (Å²) >= 11 is 0. The molecule has 0 aliphatic carbocycles. The van der Waals surface area contributed by atoms with Gasteiger partial charge in [0.2, 0.25) is 0 Å². The van der Waals surface area contributed by atoms with Crippen LogP contribution in [0.3, 0.4) is 0 Å². The Hall–Kier alpha value is -0.870. The molecule has 1 aliphatic rings. The smallest absolute Gasteiger partial charge is 0.0951 e. The molecule has 1 saturated heterocycles. The van der Waals surface area contributed by atoms with Gasteiger partial charge in [0.15, 0.2) is 0 Å². The highest BCUT2D eigenvalue weighted by molar-refractivity contribution is 5.00. The van der Waals surface area contributed by atoms with Crippen molar-refractivity contribution in [1.82, 2.24) is 14.5 Å². The van der Waals surface area contributed by atoms with Crippen molar-refractivity contribution in [2.45, 2.75) is 32.9 Å². The normalized spacial score (nSPS) is 22.1. The number of imidazole rings is 1. The van der Waals surface area contributed by atoms with Gasteiger partial charge in [0.25, 0.3) is 0 Å². The van der Waals surface area contributed by atoms with Gasteiger partial charge in [-0.1, -0.05) is 0 Å². The Kier molecular flexibility index (Phi) is 3.61. The van der Waals surface area contributed by atoms with E-state index in [2.05, 4.69) is 28.3 Å². The van der Waals surface area contributed by atoms with Gasteiger partial charge < -0.3 is 9.67 Å². The minimum absolute atomic E-state index is 0.319. The van der Waals surface area contributed by atoms with Gasteiger partial charge >= 0.3 is 0 Å². The lowest BCUT2D eigenvalue weighted by molar-refractivity contribution is 0.218. The van der Waals surface area contributed by atoms with Gasteiger partial charge in [-0.25, -0.2) is 4.98 Å². The monoisotopic (exact) mass is 223 g/mol. The Morgan fingerprint density at radius 2 is 2.38 bits per heavy atom. The first-order chi connectivity index (χ1) is 7.70. The van der Waals surface area contributed by atoms with E-state index in [-0.39, 0.29) is 0 Å². The maximum absolute atomic E-state index is 9.11. The summed E-state index contributed by atoms with van der Waals surface area (Å²) in [6.45, 7) is 7.72. The zero-order chi connectivity index (χ0) is 11.5. The Morgan fingerprint density at radius 3 is 3.00 bits per heavy atom. The highest BCUT2D eigenvalue weighted by Crippen LogP contribution is 2.19. The summed E-state index contributed by atoms with van der Waals surface area (Å²) in [6.07, 6.45) is 4.97. The molecule has 0 amide bonds. The van der Waals surface area contributed by atoms with Crippen molar-refractivity contribution in [2.24, 2.45) is 5.92 Å². The molecular formula is C12H21N3O. The van der Waals surface area contributed by atoms with E-state index in [1.54, 1.807) is 0 Å². The van der Waals surface area contributed by atoms with Gasteiger partial charge in [-0.3, -0.25) is 4.90 Å². The third-order valence-corrected chi connectivity index (χ3v) is 3.32. The fraction of sp³-hybridized carbons (Fsp3) is 0.750. The first kappa shape index (κ1) is 11.6. The number of nitrogens with zero attached hydrogens (tertiary/aromatic N) is 3. The van der Waals surface area contributed by atoms with E-state index >= 15 is 0 Å². The van der Waals surface area contributed by atoms with E-state index in [1.807, 2.05) is 12.5 Å². The van der Waals surface area contributed by atoms with Crippen molar-refractivity contribution in [1.29, 1.82) is 0 Å². The van der Waals surface area contributed by atoms with Crippen molar-refractivity contribution in [3.63, 3.8) is 0 Å². The SMILES string of the molecule is CC(C)n1cncc1CN1CCC(CO)C1. The van der Waals surface area contributed by atoms with E-state index in [9.17, 15) is 0 Å². The predicted molar refractivity (Wildman–Crippen MR) is 63.1 cm³/mol. The lowest BCUT2D eigenvalue weighted by atomic mass is 10.1. The molecule has 1 aliphatic heterocycles. The van der Waals surface area contributed by atoms with Gasteiger partial charge in [0, 0.05) is 31.9 Å². The molecule has 1 N–H and O–H groups in total. The van der Waals surface area contributed by atoms with Crippen LogP contribution in [-0.4, -0.2) is 39.3 Å². The van der Waals surface area contributed by atoms with Crippen molar-refractivity contribution < 1.29 is 5.11 Å². The summed E-state index contributed by atoms with van der Waals surface area (Å²) in [6, 6.07) is 0.466. The zero-order valence-electron chi connectivity index (χ0n) is 10.1. The first-order valence-electron chi connectivity index (χ1n) is 6.04. The minimum Gasteiger partial charge on any atom is -0.396 e. The molecule has 4 heteroatoms. The summed E-state index contributed by atoms with van der Waals surface area (Å²) < 4.78 is 2.21. The molecule has 0 aromatic carbocycles. The van der Waals surface area contributed by atoms with Gasteiger partial charge in [0.05, 0.1) is 12.0 Å². The second-order valence-electron chi connectivity index (χ2n) is 4.96. The van der Waals surface area contributed by atoms with Crippen LogP contribution >= 0.6 is 0 Å². The third kappa shape index (κ3) is 2.44. The number of aliphatic hydroxyl groups excluding tert-OH is 1. The van der Waals surface area contributed by atoms with Crippen LogP contribution in [0.15, 0.2) is 12.5 Å². The van der Waals surface area contributed by atoms with E-state index in [1.165, 1.54) is 5.69 Å². The highest BCUT2D eigenvalue weighted by Gasteiger charge is 2.22. The largest absolute Gasteiger partial charge is 0.396 e. The summed E-state index contributed by atoms with van der Waals surface area (Å²) in [5.41, 5.74) is 1.27. The molecule has 1 atom stereocenters. The van der Waals surface area contributed by atoms with Crippen molar-refractivity contribution >= 4 is 0 Å². The maximum atomic E-state index is 9.11. The van der Waals surface area contributed by atoms with Crippen molar-refractivity contribution in [3.05, 3.63) is 18.2 Å². The second-order valence-corrected chi connectivity index (χ2v) is 4.96. The zero-order valence-corrected chi connectivity index (χ0v) is 10.1. The van der Waals surface area contributed by atoms with Crippen LogP contribution in [0, 0.1) is 5.92 Å². The van der Waals surface area contributed by atoms with Crippen LogP contribution in [0.1, 0.15) is 32.0 Å². The average Bonchev–Trinajstić information content (AvgIpc) is 2.87. The summed E-state index contributed by atoms with van der Waals surface area (Å²) in [4.78, 5) is 6.61. The van der Waals surface area contributed by atoms with Crippen molar-refractivity contribution in [2.75, 3.05) is 19.7 Å². The fourth-order valence-corrected chi connectivity index (χ4v) is 2.35. The number of hydrogen-bond donors (Lipinski definition) is 1. The standard InChI is InChI=1S/C12H21N3O/c1-10(2)15-9-13-5-12(15)7-14-4-3-11(6-14)8-16/h5,9-11,16H,3-4,6-8H2,1-2H3. The molecule has 2 rings (SSSR count). The minimum atomic E-state index is 0.319. The van der Waals surface area contributed by atoms with Crippen LogP contribution in [0.2, 0.25) is 0 Å². The number of likely N-dealkylation sites (tertiary alicyclic amines) is 1. The molecule has 2 heterocycles. The Morgan fingerprint density at radius 1 is 1.56 bits per heavy atom. The molecule has 1 aromatic heterocycles. The quantitative estimate of drug-likeness (QED) is 0.836. The van der Waals surface area contributed by atoms with E-state index in [0.29, 0.717) is 18.6 Å². The molecule has 1 aromatic rings. The molecule has 0 bridgehead atoms. The molecule has 90 valence electrons. The third-order valence-electron chi connectivity index (χ3n) is 3.32. The van der Waals surface area contributed by atoms with Gasteiger partial charge in [-0.15, -0.1) is 0 Å². The number of aromatic nitrogens is 2. The molecule has 16 heavy (non-hydrogen) atoms. The lowest BCUT2D eigenvalue weighted by Gasteiger charge is -2.18. The van der Waals surface area contributed by atoms with Crippen LogP contribution < -0.4 is 0 Å². The number of hydrogen-bond acceptors (Lipinski definition) is 3. The molecule has 0 spiro atoms. The fourth-order valence-electron chi connectivity index (χ4n) is 2.35. The molecule has 4 nitrogen and oxygen atoms in total. The Bertz CT molecular complexity index is 335. The van der Waals surface area contributed by atoms with E-state index in [0.717, 1.165) is 26.1 Å². The summed E-state index contributed by atoms with van der Waals surface area (Å²) in [5.74, 6) is 0.468. The number of rotatable bonds is 4. The summed E-state index contributed by atoms with van der Waals surface area (Å²) in [7, 11) is 0. The van der Waals surface area contributed by atoms with Gasteiger partial charge in [-0.2, -0.15) is 0 Å². The van der Waals surface area contributed by atoms with Crippen LogP contribution in [0.4, 0.5) is 0 Å². The topological polar surface area (TPSA) is 41.3 Å². The van der Waals surface area contributed by atoms with Crippen molar-refractivity contribution in [3.8, 4) is 0 Å². The maximum Gasteiger partial charge on any atom is 0.0951 e. The second kappa shape index (κ2) is 4.97. The molecule has 0 saturated carbocycles. The van der Waals surface area contributed by atoms with Gasteiger partial charge in [-0.05, 0) is 32.7 Å². The van der Waals surface area contributed by atoms with Crippen LogP contribution in [0.25, 0.3) is 0 Å². The first-order valence-corrected chi connectivity index (χ1v) is 6.04. The summed E-state index contributed by atoms with van der Waals surface area (Å²) in [5, 5.41) is 9.11. The highest BCUT2D eigenvalue weighted by atomic mass is 16.3. The average molecular weight is 223 g/mol. The predicted octanol–water partition coefficient (Wildman–Crippen LogP) is 1.28. The Labute approximate surface area is 96.9 Å². The molecule has 1 unspecified atom stereocenters. The Balaban J connectivity index is 1.96. The lowest BCUT2D eigenvalue weighted by Crippen LogP contribution is -2.22. The number of aliphatic hydroxyl groups is 1. The van der Waals surface area contributed by atoms with E-state index < -0.39 is 0 Å². The van der Waals surface area contributed by atoms with E-state index in [4.69, 9.17) is 5.11 Å².